The molecule has 1 aliphatic heterocycles. The molecule has 1 unspecified atom stereocenters. The second-order valence-electron chi connectivity index (χ2n) is 10.1. The molecule has 9 heteroatoms. The quantitative estimate of drug-likeness (QED) is 0.227. The van der Waals surface area contributed by atoms with Gasteiger partial charge in [0.05, 0.1) is 11.1 Å². The SMILES string of the molecule is CC(C)C(C(=O)Oc1ccc2cc(C(=O)NC3CCCCC3)c(=O)oc2c1)N1C(=O)c2ccccc2C1=O. The zero-order valence-electron chi connectivity index (χ0n) is 21.2. The molecule has 1 atom stereocenters. The highest BCUT2D eigenvalue weighted by molar-refractivity contribution is 6.22. The van der Waals surface area contributed by atoms with Crippen molar-refractivity contribution < 1.29 is 28.3 Å². The summed E-state index contributed by atoms with van der Waals surface area (Å²) in [5, 5.41) is 3.40. The molecule has 3 amide bonds. The second kappa shape index (κ2) is 10.2. The van der Waals surface area contributed by atoms with Crippen molar-refractivity contribution in [2.24, 2.45) is 5.92 Å². The Labute approximate surface area is 218 Å². The van der Waals surface area contributed by atoms with Crippen molar-refractivity contribution in [2.45, 2.75) is 58.0 Å². The minimum absolute atomic E-state index is 0.0456. The molecule has 1 aromatic heterocycles. The number of benzene rings is 2. The third-order valence-electron chi connectivity index (χ3n) is 7.09. The molecular weight excluding hydrogens is 488 g/mol. The summed E-state index contributed by atoms with van der Waals surface area (Å²) in [7, 11) is 0. The number of carbonyl (C=O) groups is 4. The molecule has 2 aromatic carbocycles. The number of nitrogens with one attached hydrogen (secondary N) is 1. The number of imide groups is 1. The minimum Gasteiger partial charge on any atom is -0.425 e. The van der Waals surface area contributed by atoms with Crippen molar-refractivity contribution in [2.75, 3.05) is 0 Å². The van der Waals surface area contributed by atoms with Crippen LogP contribution in [-0.2, 0) is 4.79 Å². The van der Waals surface area contributed by atoms with E-state index in [0.29, 0.717) is 5.39 Å². The first-order valence-corrected chi connectivity index (χ1v) is 12.8. The van der Waals surface area contributed by atoms with Crippen molar-refractivity contribution in [3.63, 3.8) is 0 Å². The molecule has 38 heavy (non-hydrogen) atoms. The van der Waals surface area contributed by atoms with Crippen LogP contribution in [0.25, 0.3) is 11.0 Å². The Hall–Kier alpha value is -4.27. The van der Waals surface area contributed by atoms with Crippen LogP contribution >= 0.6 is 0 Å². The van der Waals surface area contributed by atoms with Gasteiger partial charge >= 0.3 is 11.6 Å². The highest BCUT2D eigenvalue weighted by Crippen LogP contribution is 2.29. The third-order valence-corrected chi connectivity index (χ3v) is 7.09. The summed E-state index contributed by atoms with van der Waals surface area (Å²) in [4.78, 5) is 65.3. The Morgan fingerprint density at radius 3 is 2.24 bits per heavy atom. The predicted octanol–water partition coefficient (Wildman–Crippen LogP) is 4.08. The third kappa shape index (κ3) is 4.71. The molecule has 5 rings (SSSR count). The summed E-state index contributed by atoms with van der Waals surface area (Å²) in [5.74, 6) is -2.71. The Morgan fingerprint density at radius 1 is 0.947 bits per heavy atom. The number of hydrogen-bond acceptors (Lipinski definition) is 7. The van der Waals surface area contributed by atoms with E-state index in [2.05, 4.69) is 5.32 Å². The molecule has 1 aliphatic carbocycles. The maximum absolute atomic E-state index is 13.2. The van der Waals surface area contributed by atoms with Crippen LogP contribution < -0.4 is 15.7 Å². The number of rotatable bonds is 6. The average Bonchev–Trinajstić information content (AvgIpc) is 3.14. The number of amides is 3. The molecule has 0 bridgehead atoms. The Morgan fingerprint density at radius 2 is 1.61 bits per heavy atom. The summed E-state index contributed by atoms with van der Waals surface area (Å²) in [6.07, 6.45) is 5.01. The number of nitrogens with zero attached hydrogens (tertiary/aromatic N) is 1. The zero-order valence-corrected chi connectivity index (χ0v) is 21.2. The van der Waals surface area contributed by atoms with Gasteiger partial charge in [-0.15, -0.1) is 0 Å². The first-order valence-electron chi connectivity index (χ1n) is 12.8. The van der Waals surface area contributed by atoms with Crippen molar-refractivity contribution in [3.8, 4) is 5.75 Å². The number of ether oxygens (including phenoxy) is 1. The normalized spacial score (nSPS) is 16.6. The van der Waals surface area contributed by atoms with Gasteiger partial charge in [-0.3, -0.25) is 19.3 Å². The van der Waals surface area contributed by atoms with E-state index in [9.17, 15) is 24.0 Å². The van der Waals surface area contributed by atoms with E-state index in [0.717, 1.165) is 37.0 Å². The van der Waals surface area contributed by atoms with Gasteiger partial charge in [0.1, 0.15) is 22.9 Å². The monoisotopic (exact) mass is 516 g/mol. The van der Waals surface area contributed by atoms with Crippen LogP contribution in [0.2, 0.25) is 0 Å². The Bertz CT molecular complexity index is 1470. The lowest BCUT2D eigenvalue weighted by molar-refractivity contribution is -0.140. The topological polar surface area (TPSA) is 123 Å². The summed E-state index contributed by atoms with van der Waals surface area (Å²) in [5.41, 5.74) is -0.256. The van der Waals surface area contributed by atoms with Crippen LogP contribution in [-0.4, -0.2) is 40.7 Å². The van der Waals surface area contributed by atoms with E-state index >= 15 is 0 Å². The summed E-state index contributed by atoms with van der Waals surface area (Å²) in [6.45, 7) is 3.43. The Kier molecular flexibility index (Phi) is 6.84. The van der Waals surface area contributed by atoms with E-state index in [-0.39, 0.29) is 34.1 Å². The molecule has 1 N–H and O–H groups in total. The van der Waals surface area contributed by atoms with Crippen LogP contribution in [0.1, 0.15) is 77.0 Å². The van der Waals surface area contributed by atoms with Gasteiger partial charge in [0.2, 0.25) is 0 Å². The van der Waals surface area contributed by atoms with Gasteiger partial charge in [0.15, 0.2) is 0 Å². The average molecular weight is 517 g/mol. The fourth-order valence-electron chi connectivity index (χ4n) is 5.14. The second-order valence-corrected chi connectivity index (χ2v) is 10.1. The minimum atomic E-state index is -1.16. The fraction of sp³-hybridized carbons (Fsp3) is 0.345. The lowest BCUT2D eigenvalue weighted by Gasteiger charge is -2.27. The number of fused-ring (bicyclic) bond motifs is 2. The van der Waals surface area contributed by atoms with E-state index < -0.39 is 41.3 Å². The van der Waals surface area contributed by atoms with Crippen molar-refractivity contribution in [1.29, 1.82) is 0 Å². The van der Waals surface area contributed by atoms with Gasteiger partial charge in [-0.25, -0.2) is 9.59 Å². The molecule has 0 spiro atoms. The lowest BCUT2D eigenvalue weighted by Crippen LogP contribution is -2.49. The van der Waals surface area contributed by atoms with Crippen LogP contribution in [0, 0.1) is 5.92 Å². The van der Waals surface area contributed by atoms with E-state index in [1.807, 2.05) is 0 Å². The maximum Gasteiger partial charge on any atom is 0.349 e. The molecule has 2 heterocycles. The first-order chi connectivity index (χ1) is 18.2. The molecule has 1 fully saturated rings. The van der Waals surface area contributed by atoms with Gasteiger partial charge < -0.3 is 14.5 Å². The van der Waals surface area contributed by atoms with Gasteiger partial charge in [-0.05, 0) is 49.1 Å². The Balaban J connectivity index is 1.36. The zero-order chi connectivity index (χ0) is 27.0. The summed E-state index contributed by atoms with van der Waals surface area (Å²) >= 11 is 0. The van der Waals surface area contributed by atoms with Crippen LogP contribution in [0.3, 0.4) is 0 Å². The highest BCUT2D eigenvalue weighted by atomic mass is 16.5. The maximum atomic E-state index is 13.2. The lowest BCUT2D eigenvalue weighted by atomic mass is 9.95. The largest absolute Gasteiger partial charge is 0.425 e. The molecule has 0 radical (unpaired) electrons. The van der Waals surface area contributed by atoms with Crippen LogP contribution in [0.15, 0.2) is 57.7 Å². The van der Waals surface area contributed by atoms with Gasteiger partial charge in [0.25, 0.3) is 17.7 Å². The molecule has 3 aromatic rings. The van der Waals surface area contributed by atoms with Crippen LogP contribution in [0.5, 0.6) is 5.75 Å². The number of hydrogen-bond donors (Lipinski definition) is 1. The molecule has 0 saturated heterocycles. The number of carbonyl (C=O) groups excluding carboxylic acids is 4. The number of esters is 1. The fourth-order valence-corrected chi connectivity index (χ4v) is 5.14. The molecule has 2 aliphatic rings. The van der Waals surface area contributed by atoms with E-state index in [4.69, 9.17) is 9.15 Å². The predicted molar refractivity (Wildman–Crippen MR) is 138 cm³/mol. The first kappa shape index (κ1) is 25.4. The standard InChI is InChI=1S/C29H28N2O7/c1-16(2)24(31-26(33)20-10-6-7-11-21(20)27(31)34)29(36)37-19-13-12-17-14-22(28(35)38-23(17)15-19)25(32)30-18-8-4-3-5-9-18/h6-7,10-16,18,24H,3-5,8-9H2,1-2H3,(H,30,32). The van der Waals surface area contributed by atoms with Gasteiger partial charge in [0, 0.05) is 17.5 Å². The molecular formula is C29H28N2O7. The molecule has 1 saturated carbocycles. The highest BCUT2D eigenvalue weighted by Gasteiger charge is 2.44. The van der Waals surface area contributed by atoms with E-state index in [1.54, 1.807) is 44.2 Å². The van der Waals surface area contributed by atoms with Crippen molar-refractivity contribution in [3.05, 3.63) is 75.6 Å². The summed E-state index contributed by atoms with van der Waals surface area (Å²) in [6, 6.07) is 11.2. The van der Waals surface area contributed by atoms with Crippen molar-refractivity contribution >= 4 is 34.7 Å². The molecule has 9 nitrogen and oxygen atoms in total. The smallest absolute Gasteiger partial charge is 0.349 e. The molecule has 196 valence electrons. The van der Waals surface area contributed by atoms with Gasteiger partial charge in [-0.1, -0.05) is 45.2 Å². The van der Waals surface area contributed by atoms with Gasteiger partial charge in [-0.2, -0.15) is 0 Å². The van der Waals surface area contributed by atoms with Crippen molar-refractivity contribution in [1.82, 2.24) is 10.2 Å². The van der Waals surface area contributed by atoms with Crippen LogP contribution in [0.4, 0.5) is 0 Å². The summed E-state index contributed by atoms with van der Waals surface area (Å²) < 4.78 is 10.9. The van der Waals surface area contributed by atoms with E-state index in [1.165, 1.54) is 18.2 Å².